The summed E-state index contributed by atoms with van der Waals surface area (Å²) in [5.74, 6) is 7.41. The lowest BCUT2D eigenvalue weighted by Crippen LogP contribution is -2.46. The Balaban J connectivity index is 1.80. The number of sulfone groups is 1. The number of nitrogens with one attached hydrogen (secondary N) is 1. The maximum Gasteiger partial charge on any atom is 0.411 e. The highest BCUT2D eigenvalue weighted by atomic mass is 32.2. The molecule has 39 heavy (non-hydrogen) atoms. The van der Waals surface area contributed by atoms with Crippen LogP contribution in [0.2, 0.25) is 0 Å². The minimum Gasteiger partial charge on any atom is -0.494 e. The second-order valence-electron chi connectivity index (χ2n) is 10.1. The van der Waals surface area contributed by atoms with Gasteiger partial charge in [-0.1, -0.05) is 23.3 Å². The van der Waals surface area contributed by atoms with Gasteiger partial charge in [-0.25, -0.2) is 28.2 Å². The summed E-state index contributed by atoms with van der Waals surface area (Å²) < 4.78 is 37.2. The van der Waals surface area contributed by atoms with E-state index in [1.807, 2.05) is 6.92 Å². The quantitative estimate of drug-likeness (QED) is 0.380. The van der Waals surface area contributed by atoms with Gasteiger partial charge in [0.2, 0.25) is 9.84 Å². The predicted octanol–water partition coefficient (Wildman–Crippen LogP) is 5.21. The van der Waals surface area contributed by atoms with Crippen molar-refractivity contribution < 1.29 is 22.7 Å². The lowest BCUT2D eigenvalue weighted by Gasteiger charge is -2.32. The summed E-state index contributed by atoms with van der Waals surface area (Å²) in [4.78, 5) is 27.0. The van der Waals surface area contributed by atoms with Gasteiger partial charge in [0.1, 0.15) is 38.4 Å². The number of amides is 1. The zero-order valence-electron chi connectivity index (χ0n) is 23.3. The first-order valence-electron chi connectivity index (χ1n) is 12.2. The molecule has 0 aliphatic carbocycles. The van der Waals surface area contributed by atoms with E-state index in [9.17, 15) is 13.2 Å². The average molecular weight is 572 g/mol. The second-order valence-corrected chi connectivity index (χ2v) is 13.3. The van der Waals surface area contributed by atoms with Crippen molar-refractivity contribution in [2.75, 3.05) is 19.0 Å². The Morgan fingerprint density at radius 1 is 1.15 bits per heavy atom. The second kappa shape index (κ2) is 11.6. The van der Waals surface area contributed by atoms with Crippen LogP contribution in [0.25, 0.3) is 0 Å². The first-order chi connectivity index (χ1) is 18.1. The zero-order chi connectivity index (χ0) is 29.0. The number of ether oxygens (including phenoxy) is 2. The van der Waals surface area contributed by atoms with Crippen molar-refractivity contribution in [1.82, 2.24) is 19.9 Å². The van der Waals surface area contributed by atoms with Gasteiger partial charge in [-0.05, 0) is 72.6 Å². The molecule has 0 saturated carbocycles. The van der Waals surface area contributed by atoms with Crippen LogP contribution in [-0.4, -0.2) is 59.2 Å². The molecular formula is C27H33N5O5S2. The van der Waals surface area contributed by atoms with Crippen molar-refractivity contribution in [2.45, 2.75) is 68.7 Å². The summed E-state index contributed by atoms with van der Waals surface area (Å²) >= 11 is 0.984. The monoisotopic (exact) mass is 571 g/mol. The van der Waals surface area contributed by atoms with Gasteiger partial charge in [0.15, 0.2) is 5.13 Å². The molecule has 3 rings (SSSR count). The smallest absolute Gasteiger partial charge is 0.411 e. The summed E-state index contributed by atoms with van der Waals surface area (Å²) in [6, 6.07) is 7.98. The summed E-state index contributed by atoms with van der Waals surface area (Å²) in [6.07, 6.45) is 0.821. The molecule has 1 N–H and O–H groups in total. The molecule has 0 radical (unpaired) electrons. The van der Waals surface area contributed by atoms with Gasteiger partial charge in [-0.15, -0.1) is 0 Å². The van der Waals surface area contributed by atoms with Gasteiger partial charge in [0, 0.05) is 13.1 Å². The molecule has 0 atom stereocenters. The third kappa shape index (κ3) is 7.91. The Kier molecular flexibility index (Phi) is 8.87. The molecule has 0 aliphatic rings. The molecule has 1 amide bonds. The Morgan fingerprint density at radius 2 is 1.87 bits per heavy atom. The summed E-state index contributed by atoms with van der Waals surface area (Å²) in [6.45, 7) is 13.0. The van der Waals surface area contributed by atoms with Crippen LogP contribution in [0.4, 0.5) is 15.7 Å². The summed E-state index contributed by atoms with van der Waals surface area (Å²) in [5, 5.41) is 3.38. The van der Waals surface area contributed by atoms with Crippen LogP contribution in [0.3, 0.4) is 0 Å². The fourth-order valence-corrected chi connectivity index (χ4v) is 5.59. The van der Waals surface area contributed by atoms with E-state index in [1.165, 1.54) is 23.2 Å². The number of nitrogens with zero attached hydrogens (tertiary/aromatic N) is 4. The largest absolute Gasteiger partial charge is 0.494 e. The van der Waals surface area contributed by atoms with E-state index >= 15 is 0 Å². The van der Waals surface area contributed by atoms with Crippen molar-refractivity contribution in [2.24, 2.45) is 0 Å². The van der Waals surface area contributed by atoms with Crippen LogP contribution in [0, 0.1) is 18.8 Å². The van der Waals surface area contributed by atoms with Gasteiger partial charge < -0.3 is 14.8 Å². The van der Waals surface area contributed by atoms with E-state index in [2.05, 4.69) is 32.1 Å². The van der Waals surface area contributed by atoms with E-state index in [-0.39, 0.29) is 9.10 Å². The number of anilines is 2. The number of aryl methyl sites for hydroxylation is 1. The van der Waals surface area contributed by atoms with E-state index in [4.69, 9.17) is 9.47 Å². The highest BCUT2D eigenvalue weighted by Crippen LogP contribution is 2.31. The highest BCUT2D eigenvalue weighted by molar-refractivity contribution is 7.93. The Hall–Kier alpha value is -3.69. The molecule has 0 aliphatic heterocycles. The number of rotatable bonds is 7. The molecular weight excluding hydrogens is 538 g/mol. The molecule has 3 aromatic rings. The third-order valence-electron chi connectivity index (χ3n) is 5.25. The van der Waals surface area contributed by atoms with E-state index in [0.717, 1.165) is 11.3 Å². The van der Waals surface area contributed by atoms with Crippen LogP contribution in [0.15, 0.2) is 45.6 Å². The molecule has 1 aromatic carbocycles. The number of hydrogen-bond donors (Lipinski definition) is 1. The van der Waals surface area contributed by atoms with Crippen LogP contribution < -0.4 is 10.1 Å². The average Bonchev–Trinajstić information content (AvgIpc) is 3.30. The van der Waals surface area contributed by atoms with E-state index in [0.29, 0.717) is 34.8 Å². The van der Waals surface area contributed by atoms with Gasteiger partial charge in [0.25, 0.3) is 0 Å². The standard InChI is InChI=1S/C27H33N5O5S2/c1-9-36-20-11-10-12-21(16-20)39(34,35)23-17-28-24(38-23)31-22-15-19(29-18(2)30-22)13-14-27(6,7)32(8)25(33)37-26(3,4)5/h10-12,15-17H,9H2,1-8H3,(H,28,29,30,31). The van der Waals surface area contributed by atoms with Gasteiger partial charge in [-0.3, -0.25) is 4.90 Å². The van der Waals surface area contributed by atoms with Crippen LogP contribution in [-0.2, 0) is 14.6 Å². The summed E-state index contributed by atoms with van der Waals surface area (Å²) in [7, 11) is -2.15. The lowest BCUT2D eigenvalue weighted by molar-refractivity contribution is 0.0186. The van der Waals surface area contributed by atoms with Crippen molar-refractivity contribution in [3.63, 3.8) is 0 Å². The van der Waals surface area contributed by atoms with Gasteiger partial charge in [-0.2, -0.15) is 0 Å². The van der Waals surface area contributed by atoms with E-state index in [1.54, 1.807) is 66.8 Å². The van der Waals surface area contributed by atoms with Crippen molar-refractivity contribution in [3.8, 4) is 17.6 Å². The Bertz CT molecular complexity index is 1510. The molecule has 2 aromatic heterocycles. The van der Waals surface area contributed by atoms with Crippen LogP contribution in [0.1, 0.15) is 53.1 Å². The van der Waals surface area contributed by atoms with E-state index < -0.39 is 27.1 Å². The lowest BCUT2D eigenvalue weighted by atomic mass is 10.0. The third-order valence-corrected chi connectivity index (χ3v) is 8.38. The van der Waals surface area contributed by atoms with Crippen LogP contribution >= 0.6 is 11.3 Å². The topological polar surface area (TPSA) is 124 Å². The fraction of sp³-hybridized carbons (Fsp3) is 0.407. The minimum atomic E-state index is -3.78. The molecule has 10 nitrogen and oxygen atoms in total. The fourth-order valence-electron chi connectivity index (χ4n) is 3.12. The Morgan fingerprint density at radius 3 is 2.54 bits per heavy atom. The molecule has 0 unspecified atom stereocenters. The molecule has 208 valence electrons. The minimum absolute atomic E-state index is 0.0800. The maximum absolute atomic E-state index is 13.1. The van der Waals surface area contributed by atoms with Crippen molar-refractivity contribution >= 4 is 38.2 Å². The summed E-state index contributed by atoms with van der Waals surface area (Å²) in [5.41, 5.74) is -1.04. The molecule has 12 heteroatoms. The SMILES string of the molecule is CCOc1cccc(S(=O)(=O)c2cnc(Nc3cc(C#CC(C)(C)N(C)C(=O)OC(C)(C)C)nc(C)n3)s2)c1. The number of carbonyl (C=O) groups is 1. The zero-order valence-corrected chi connectivity index (χ0v) is 25.0. The number of carbonyl (C=O) groups excluding carboxylic acids is 1. The molecule has 0 saturated heterocycles. The highest BCUT2D eigenvalue weighted by Gasteiger charge is 2.29. The first kappa shape index (κ1) is 29.9. The number of thiazole rings is 1. The normalized spacial score (nSPS) is 11.8. The number of aromatic nitrogens is 3. The molecule has 0 fully saturated rings. The molecule has 0 bridgehead atoms. The number of benzene rings is 1. The predicted molar refractivity (Wildman–Crippen MR) is 150 cm³/mol. The Labute approximate surface area is 233 Å². The molecule has 2 heterocycles. The maximum atomic E-state index is 13.1. The first-order valence-corrected chi connectivity index (χ1v) is 14.5. The number of hydrogen-bond acceptors (Lipinski definition) is 10. The van der Waals surface area contributed by atoms with Crippen molar-refractivity contribution in [3.05, 3.63) is 48.0 Å². The molecule has 0 spiro atoms. The van der Waals surface area contributed by atoms with Gasteiger partial charge >= 0.3 is 6.09 Å². The van der Waals surface area contributed by atoms with Crippen LogP contribution in [0.5, 0.6) is 5.75 Å². The van der Waals surface area contributed by atoms with Gasteiger partial charge in [0.05, 0.1) is 17.7 Å². The van der Waals surface area contributed by atoms with Crippen molar-refractivity contribution in [1.29, 1.82) is 0 Å².